The van der Waals surface area contributed by atoms with Crippen LogP contribution in [0.5, 0.6) is 0 Å². The number of hydrogen-bond acceptors (Lipinski definition) is 6. The van der Waals surface area contributed by atoms with E-state index < -0.39 is 23.0 Å². The molecule has 1 aromatic heterocycles. The fourth-order valence-electron chi connectivity index (χ4n) is 4.54. The smallest absolute Gasteiger partial charge is 0.272 e. The van der Waals surface area contributed by atoms with Crippen molar-refractivity contribution < 1.29 is 23.5 Å². The summed E-state index contributed by atoms with van der Waals surface area (Å²) in [4.78, 5) is 45.2. The molecule has 0 radical (unpaired) electrons. The summed E-state index contributed by atoms with van der Waals surface area (Å²) >= 11 is 6.16. The first-order valence-corrected chi connectivity index (χ1v) is 11.6. The van der Waals surface area contributed by atoms with E-state index in [1.165, 1.54) is 30.6 Å². The Morgan fingerprint density at radius 1 is 1.31 bits per heavy atom. The number of halogens is 2. The number of carbonyl (C=O) groups excluding carboxylic acids is 3. The van der Waals surface area contributed by atoms with Gasteiger partial charge in [0, 0.05) is 19.7 Å². The van der Waals surface area contributed by atoms with Gasteiger partial charge in [-0.05, 0) is 50.8 Å². The van der Waals surface area contributed by atoms with Crippen LogP contribution in [0, 0.1) is 11.2 Å². The highest BCUT2D eigenvalue weighted by molar-refractivity contribution is 6.34. The number of aromatic amines is 1. The average molecular weight is 505 g/mol. The van der Waals surface area contributed by atoms with E-state index in [9.17, 15) is 18.8 Å². The van der Waals surface area contributed by atoms with Crippen LogP contribution in [-0.4, -0.2) is 59.7 Å². The van der Waals surface area contributed by atoms with E-state index >= 15 is 0 Å². The lowest BCUT2D eigenvalue weighted by Crippen LogP contribution is -2.47. The molecular formula is C23H26ClFN6O4. The van der Waals surface area contributed by atoms with Gasteiger partial charge in [-0.2, -0.15) is 10.1 Å². The second kappa shape index (κ2) is 10.1. The van der Waals surface area contributed by atoms with E-state index in [0.29, 0.717) is 50.2 Å². The zero-order valence-corrected chi connectivity index (χ0v) is 20.1. The molecule has 1 saturated carbocycles. The van der Waals surface area contributed by atoms with Gasteiger partial charge in [0.15, 0.2) is 5.69 Å². The lowest BCUT2D eigenvalue weighted by atomic mass is 9.69. The van der Waals surface area contributed by atoms with Gasteiger partial charge < -0.3 is 20.4 Å². The number of carbonyl (C=O) groups is 3. The van der Waals surface area contributed by atoms with Crippen molar-refractivity contribution in [2.75, 3.05) is 25.3 Å². The summed E-state index contributed by atoms with van der Waals surface area (Å²) < 4.78 is 18.4. The largest absolute Gasteiger partial charge is 0.383 e. The molecule has 0 atom stereocenters. The molecule has 0 saturated heterocycles. The molecule has 2 aromatic rings. The van der Waals surface area contributed by atoms with Crippen molar-refractivity contribution in [3.8, 4) is 0 Å². The highest BCUT2D eigenvalue weighted by Crippen LogP contribution is 2.45. The summed E-state index contributed by atoms with van der Waals surface area (Å²) in [6.07, 6.45) is 3.32. The number of aromatic nitrogens is 2. The predicted molar refractivity (Wildman–Crippen MR) is 127 cm³/mol. The van der Waals surface area contributed by atoms with E-state index in [1.807, 2.05) is 0 Å². The van der Waals surface area contributed by atoms with Crippen molar-refractivity contribution in [1.82, 2.24) is 20.6 Å². The average Bonchev–Trinajstić information content (AvgIpc) is 3.41. The number of H-pyrrole nitrogens is 1. The zero-order chi connectivity index (χ0) is 25.2. The van der Waals surface area contributed by atoms with Crippen LogP contribution in [0.15, 0.2) is 29.6 Å². The number of hydrogen-bond donors (Lipinski definition) is 3. The van der Waals surface area contributed by atoms with Crippen molar-refractivity contribution >= 4 is 40.7 Å². The number of nitrogens with one attached hydrogen (secondary N) is 3. The third-order valence-electron chi connectivity index (χ3n) is 6.53. The molecule has 3 N–H and O–H groups in total. The molecule has 0 bridgehead atoms. The molecule has 4 rings (SSSR count). The lowest BCUT2D eigenvalue weighted by molar-refractivity contribution is -0.125. The molecule has 2 heterocycles. The van der Waals surface area contributed by atoms with Crippen LogP contribution in [0.1, 0.15) is 53.6 Å². The standard InChI is InChI=1S/C23H26ClFN6O4/c1-13-23(22(34)31(30-13)17-4-3-14(25)11-16(17)24)7-5-15(6-8-23)29-21(33)19-18(27-12-28-19)20(32)26-9-10-35-2/h3-4,11-12,15H,5-10H2,1-2H3,(H,26,32)(H,27,28)(H,29,33). The molecule has 12 heteroatoms. The number of hydrazone groups is 1. The van der Waals surface area contributed by atoms with E-state index in [-0.39, 0.29) is 28.4 Å². The number of benzene rings is 1. The Morgan fingerprint density at radius 2 is 2.06 bits per heavy atom. The van der Waals surface area contributed by atoms with Crippen molar-refractivity contribution in [2.45, 2.75) is 38.6 Å². The normalized spacial score (nSPS) is 21.8. The monoisotopic (exact) mass is 504 g/mol. The molecule has 1 aromatic carbocycles. The zero-order valence-electron chi connectivity index (χ0n) is 19.4. The molecule has 2 aliphatic rings. The summed E-state index contributed by atoms with van der Waals surface area (Å²) in [6.45, 7) is 2.44. The maximum absolute atomic E-state index is 13.5. The van der Waals surface area contributed by atoms with Crippen LogP contribution >= 0.6 is 11.6 Å². The van der Waals surface area contributed by atoms with Gasteiger partial charge in [-0.3, -0.25) is 14.4 Å². The SMILES string of the molecule is COCCNC(=O)c1[nH]cnc1C(=O)NC1CCC2(CC1)C(=O)N(c1ccc(F)cc1Cl)N=C2C. The van der Waals surface area contributed by atoms with Gasteiger partial charge in [-0.15, -0.1) is 0 Å². The van der Waals surface area contributed by atoms with Crippen LogP contribution in [-0.2, 0) is 9.53 Å². The number of nitrogens with zero attached hydrogens (tertiary/aromatic N) is 3. The minimum Gasteiger partial charge on any atom is -0.383 e. The molecular weight excluding hydrogens is 479 g/mol. The Balaban J connectivity index is 1.39. The third kappa shape index (κ3) is 4.78. The molecule has 0 unspecified atom stereocenters. The minimum atomic E-state index is -0.794. The highest BCUT2D eigenvalue weighted by atomic mass is 35.5. The summed E-state index contributed by atoms with van der Waals surface area (Å²) in [5.74, 6) is -1.62. The van der Waals surface area contributed by atoms with E-state index in [2.05, 4.69) is 25.7 Å². The first kappa shape index (κ1) is 24.8. The van der Waals surface area contributed by atoms with Crippen molar-refractivity contribution in [1.29, 1.82) is 0 Å². The molecule has 186 valence electrons. The van der Waals surface area contributed by atoms with Crippen LogP contribution in [0.3, 0.4) is 0 Å². The summed E-state index contributed by atoms with van der Waals surface area (Å²) in [6, 6.07) is 3.62. The fraction of sp³-hybridized carbons (Fsp3) is 0.435. The first-order valence-electron chi connectivity index (χ1n) is 11.2. The summed E-state index contributed by atoms with van der Waals surface area (Å²) in [7, 11) is 1.53. The number of methoxy groups -OCH3 is 1. The summed E-state index contributed by atoms with van der Waals surface area (Å²) in [5, 5.41) is 11.4. The van der Waals surface area contributed by atoms with Gasteiger partial charge in [0.1, 0.15) is 11.5 Å². The topological polar surface area (TPSA) is 129 Å². The number of anilines is 1. The van der Waals surface area contributed by atoms with Gasteiger partial charge in [0.2, 0.25) is 0 Å². The predicted octanol–water partition coefficient (Wildman–Crippen LogP) is 2.66. The Labute approximate surface area is 206 Å². The van der Waals surface area contributed by atoms with Crippen LogP contribution in [0.2, 0.25) is 5.02 Å². The van der Waals surface area contributed by atoms with E-state index in [0.717, 1.165) is 6.07 Å². The quantitative estimate of drug-likeness (QED) is 0.499. The van der Waals surface area contributed by atoms with Gasteiger partial charge in [0.05, 0.1) is 34.8 Å². The second-order valence-electron chi connectivity index (χ2n) is 8.60. The van der Waals surface area contributed by atoms with Gasteiger partial charge >= 0.3 is 0 Å². The first-order chi connectivity index (χ1) is 16.8. The fourth-order valence-corrected chi connectivity index (χ4v) is 4.79. The molecule has 35 heavy (non-hydrogen) atoms. The van der Waals surface area contributed by atoms with Crippen molar-refractivity contribution in [2.24, 2.45) is 10.5 Å². The van der Waals surface area contributed by atoms with Gasteiger partial charge in [-0.1, -0.05) is 11.6 Å². The van der Waals surface area contributed by atoms with Gasteiger partial charge in [-0.25, -0.2) is 9.37 Å². The van der Waals surface area contributed by atoms with Crippen LogP contribution in [0.25, 0.3) is 0 Å². The minimum absolute atomic E-state index is 0.00650. The Morgan fingerprint density at radius 3 is 2.74 bits per heavy atom. The molecule has 1 fully saturated rings. The Hall–Kier alpha value is -3.31. The summed E-state index contributed by atoms with van der Waals surface area (Å²) in [5.41, 5.74) is 0.283. The molecule has 1 spiro atoms. The number of imidazole rings is 1. The molecule has 1 aliphatic carbocycles. The Kier molecular flexibility index (Phi) is 7.18. The van der Waals surface area contributed by atoms with E-state index in [4.69, 9.17) is 16.3 Å². The lowest BCUT2D eigenvalue weighted by Gasteiger charge is -2.36. The second-order valence-corrected chi connectivity index (χ2v) is 9.01. The molecule has 3 amide bonds. The van der Waals surface area contributed by atoms with Gasteiger partial charge in [0.25, 0.3) is 17.7 Å². The number of rotatable bonds is 7. The van der Waals surface area contributed by atoms with Crippen LogP contribution in [0.4, 0.5) is 10.1 Å². The number of amides is 3. The maximum atomic E-state index is 13.5. The van der Waals surface area contributed by atoms with E-state index in [1.54, 1.807) is 6.92 Å². The van der Waals surface area contributed by atoms with Crippen molar-refractivity contribution in [3.05, 3.63) is 46.8 Å². The maximum Gasteiger partial charge on any atom is 0.272 e. The molecule has 1 aliphatic heterocycles. The number of ether oxygens (including phenoxy) is 1. The van der Waals surface area contributed by atoms with Crippen molar-refractivity contribution in [3.63, 3.8) is 0 Å². The molecule has 10 nitrogen and oxygen atoms in total. The van der Waals surface area contributed by atoms with Crippen LogP contribution < -0.4 is 15.6 Å². The highest BCUT2D eigenvalue weighted by Gasteiger charge is 2.51. The Bertz CT molecular complexity index is 1170. The third-order valence-corrected chi connectivity index (χ3v) is 6.83.